The normalized spacial score (nSPS) is 21.9. The van der Waals surface area contributed by atoms with Gasteiger partial charge in [-0.1, -0.05) is 0 Å². The van der Waals surface area contributed by atoms with Crippen molar-refractivity contribution in [2.75, 3.05) is 25.5 Å². The van der Waals surface area contributed by atoms with Gasteiger partial charge in [0.15, 0.2) is 0 Å². The van der Waals surface area contributed by atoms with Crippen LogP contribution in [0.2, 0.25) is 0 Å². The van der Waals surface area contributed by atoms with Crippen molar-refractivity contribution in [1.82, 2.24) is 14.9 Å². The molecule has 1 aromatic heterocycles. The van der Waals surface area contributed by atoms with Gasteiger partial charge >= 0.3 is 0 Å². The van der Waals surface area contributed by atoms with Crippen LogP contribution in [-0.4, -0.2) is 41.0 Å². The first-order valence-corrected chi connectivity index (χ1v) is 5.89. The van der Waals surface area contributed by atoms with Gasteiger partial charge in [0.05, 0.1) is 0 Å². The Kier molecular flexibility index (Phi) is 3.21. The van der Waals surface area contributed by atoms with Crippen molar-refractivity contribution in [2.45, 2.75) is 19.4 Å². The molecule has 1 atom stereocenters. The molecule has 1 fully saturated rings. The average Bonchev–Trinajstić information content (AvgIpc) is 2.49. The zero-order valence-corrected chi connectivity index (χ0v) is 10.6. The lowest BCUT2D eigenvalue weighted by Gasteiger charge is -2.13. The van der Waals surface area contributed by atoms with Crippen LogP contribution < -0.4 is 5.32 Å². The van der Waals surface area contributed by atoms with E-state index in [1.165, 1.54) is 6.42 Å². The molecule has 82 valence electrons. The Hall–Kier alpha value is -0.680. The fourth-order valence-corrected chi connectivity index (χ4v) is 2.34. The molecule has 2 rings (SSSR count). The summed E-state index contributed by atoms with van der Waals surface area (Å²) in [6.07, 6.45) is 1.18. The first kappa shape index (κ1) is 10.8. The molecule has 2 heterocycles. The highest BCUT2D eigenvalue weighted by atomic mass is 79.9. The number of hydrogen-bond acceptors (Lipinski definition) is 4. The number of hydrogen-bond donors (Lipinski definition) is 1. The van der Waals surface area contributed by atoms with Crippen LogP contribution in [-0.2, 0) is 0 Å². The first-order valence-electron chi connectivity index (χ1n) is 5.10. The number of halogens is 1. The molecule has 1 aromatic rings. The molecule has 0 bridgehead atoms. The summed E-state index contributed by atoms with van der Waals surface area (Å²) in [4.78, 5) is 10.9. The molecule has 0 aromatic carbocycles. The number of likely N-dealkylation sites (N-methyl/N-ethyl adjacent to an activating group) is 1. The summed E-state index contributed by atoms with van der Waals surface area (Å²) in [5.41, 5.74) is 0. The summed E-state index contributed by atoms with van der Waals surface area (Å²) < 4.78 is 0.837. The number of nitrogens with zero attached hydrogens (tertiary/aromatic N) is 3. The van der Waals surface area contributed by atoms with Gasteiger partial charge in [0.25, 0.3) is 0 Å². The molecular weight excluding hydrogens is 256 g/mol. The molecule has 0 aliphatic carbocycles. The largest absolute Gasteiger partial charge is 0.366 e. The third-order valence-electron chi connectivity index (χ3n) is 2.55. The highest BCUT2D eigenvalue weighted by Gasteiger charge is 2.19. The molecular formula is C10H15BrN4. The fraction of sp³-hybridized carbons (Fsp3) is 0.600. The predicted octanol–water partition coefficient (Wildman–Crippen LogP) is 1.66. The van der Waals surface area contributed by atoms with E-state index in [1.807, 2.05) is 13.0 Å². The molecule has 0 amide bonds. The summed E-state index contributed by atoms with van der Waals surface area (Å²) in [6, 6.07) is 2.43. The quantitative estimate of drug-likeness (QED) is 0.831. The van der Waals surface area contributed by atoms with Crippen LogP contribution in [0.4, 0.5) is 5.82 Å². The minimum atomic E-state index is 0.510. The summed E-state index contributed by atoms with van der Waals surface area (Å²) in [7, 11) is 2.14. The molecule has 15 heavy (non-hydrogen) atoms. The number of aryl methyl sites for hydroxylation is 1. The van der Waals surface area contributed by atoms with Crippen molar-refractivity contribution < 1.29 is 0 Å². The molecule has 1 N–H and O–H groups in total. The Morgan fingerprint density at radius 1 is 1.53 bits per heavy atom. The molecule has 0 radical (unpaired) electrons. The lowest BCUT2D eigenvalue weighted by atomic mass is 10.2. The van der Waals surface area contributed by atoms with Crippen LogP contribution in [0.15, 0.2) is 10.7 Å². The second-order valence-corrected chi connectivity index (χ2v) is 4.83. The predicted molar refractivity (Wildman–Crippen MR) is 64.0 cm³/mol. The van der Waals surface area contributed by atoms with Crippen LogP contribution in [0.25, 0.3) is 0 Å². The van der Waals surface area contributed by atoms with E-state index in [-0.39, 0.29) is 0 Å². The van der Waals surface area contributed by atoms with Gasteiger partial charge in [-0.3, -0.25) is 0 Å². The van der Waals surface area contributed by atoms with Gasteiger partial charge in [-0.05, 0) is 42.9 Å². The smallest absolute Gasteiger partial charge is 0.131 e. The Morgan fingerprint density at radius 3 is 2.93 bits per heavy atom. The van der Waals surface area contributed by atoms with Crippen molar-refractivity contribution in [2.24, 2.45) is 0 Å². The maximum Gasteiger partial charge on any atom is 0.131 e. The summed E-state index contributed by atoms with van der Waals surface area (Å²) in [6.45, 7) is 4.14. The van der Waals surface area contributed by atoms with Crippen molar-refractivity contribution in [3.63, 3.8) is 0 Å². The van der Waals surface area contributed by atoms with Gasteiger partial charge in [0.2, 0.25) is 0 Å². The highest BCUT2D eigenvalue weighted by Crippen LogP contribution is 2.16. The molecule has 0 spiro atoms. The molecule has 0 saturated carbocycles. The van der Waals surface area contributed by atoms with E-state index < -0.39 is 0 Å². The number of anilines is 1. The maximum absolute atomic E-state index is 4.35. The van der Waals surface area contributed by atoms with Gasteiger partial charge in [0.1, 0.15) is 16.2 Å². The second kappa shape index (κ2) is 4.45. The van der Waals surface area contributed by atoms with E-state index in [0.717, 1.165) is 29.3 Å². The van der Waals surface area contributed by atoms with Gasteiger partial charge in [0, 0.05) is 18.7 Å². The lowest BCUT2D eigenvalue weighted by molar-refractivity contribution is 0.414. The first-order chi connectivity index (χ1) is 7.13. The summed E-state index contributed by atoms with van der Waals surface area (Å²) >= 11 is 3.37. The third-order valence-corrected chi connectivity index (χ3v) is 2.96. The minimum Gasteiger partial charge on any atom is -0.366 e. The zero-order valence-electron chi connectivity index (χ0n) is 9.00. The van der Waals surface area contributed by atoms with E-state index in [4.69, 9.17) is 0 Å². The van der Waals surface area contributed by atoms with Crippen LogP contribution in [0.1, 0.15) is 12.2 Å². The highest BCUT2D eigenvalue weighted by molar-refractivity contribution is 9.10. The second-order valence-electron chi connectivity index (χ2n) is 4.02. The van der Waals surface area contributed by atoms with Crippen molar-refractivity contribution >= 4 is 21.7 Å². The van der Waals surface area contributed by atoms with Crippen molar-refractivity contribution in [3.05, 3.63) is 16.5 Å². The Morgan fingerprint density at radius 2 is 2.33 bits per heavy atom. The fourth-order valence-electron chi connectivity index (χ4n) is 1.87. The third kappa shape index (κ3) is 2.89. The molecule has 1 saturated heterocycles. The van der Waals surface area contributed by atoms with Crippen LogP contribution in [0.5, 0.6) is 0 Å². The van der Waals surface area contributed by atoms with E-state index >= 15 is 0 Å². The lowest BCUT2D eigenvalue weighted by Crippen LogP contribution is -2.24. The van der Waals surface area contributed by atoms with Crippen molar-refractivity contribution in [3.8, 4) is 0 Å². The van der Waals surface area contributed by atoms with E-state index in [0.29, 0.717) is 6.04 Å². The molecule has 5 heteroatoms. The van der Waals surface area contributed by atoms with Crippen LogP contribution in [0.3, 0.4) is 0 Å². The molecule has 1 aliphatic rings. The molecule has 1 unspecified atom stereocenters. The van der Waals surface area contributed by atoms with Crippen LogP contribution in [0, 0.1) is 6.92 Å². The standard InChI is InChI=1S/C10H15BrN4/c1-7-12-9(11)5-10(13-7)14-8-3-4-15(2)6-8/h5,8H,3-4,6H2,1-2H3,(H,12,13,14). The van der Waals surface area contributed by atoms with Crippen molar-refractivity contribution in [1.29, 1.82) is 0 Å². The Labute approximate surface area is 98.2 Å². The van der Waals surface area contributed by atoms with Crippen LogP contribution >= 0.6 is 15.9 Å². The summed E-state index contributed by atoms with van der Waals surface area (Å²) in [5.74, 6) is 1.70. The van der Waals surface area contributed by atoms with Gasteiger partial charge < -0.3 is 10.2 Å². The molecule has 4 nitrogen and oxygen atoms in total. The monoisotopic (exact) mass is 270 g/mol. The van der Waals surface area contributed by atoms with E-state index in [1.54, 1.807) is 0 Å². The molecule has 1 aliphatic heterocycles. The topological polar surface area (TPSA) is 41.1 Å². The average molecular weight is 271 g/mol. The summed E-state index contributed by atoms with van der Waals surface area (Å²) in [5, 5.41) is 3.43. The van der Waals surface area contributed by atoms with Gasteiger partial charge in [-0.2, -0.15) is 0 Å². The Balaban J connectivity index is 2.04. The number of nitrogens with one attached hydrogen (secondary N) is 1. The minimum absolute atomic E-state index is 0.510. The van der Waals surface area contributed by atoms with E-state index in [2.05, 4.69) is 43.2 Å². The van der Waals surface area contributed by atoms with Gasteiger partial charge in [-0.15, -0.1) is 0 Å². The maximum atomic E-state index is 4.35. The number of aromatic nitrogens is 2. The number of likely N-dealkylation sites (tertiary alicyclic amines) is 1. The van der Waals surface area contributed by atoms with Gasteiger partial charge in [-0.25, -0.2) is 9.97 Å². The van der Waals surface area contributed by atoms with E-state index in [9.17, 15) is 0 Å². The zero-order chi connectivity index (χ0) is 10.8. The SMILES string of the molecule is Cc1nc(Br)cc(NC2CCN(C)C2)n1. The Bertz CT molecular complexity index is 335. The number of rotatable bonds is 2.